The van der Waals surface area contributed by atoms with Crippen LogP contribution in [-0.4, -0.2) is 38.0 Å². The van der Waals surface area contributed by atoms with E-state index >= 15 is 0 Å². The average Bonchev–Trinajstić information content (AvgIpc) is 2.83. The quantitative estimate of drug-likeness (QED) is 0.345. The molecule has 0 aliphatic carbocycles. The highest BCUT2D eigenvalue weighted by Gasteiger charge is 2.33. The van der Waals surface area contributed by atoms with Gasteiger partial charge in [0.15, 0.2) is 0 Å². The maximum atomic E-state index is 14.0. The lowest BCUT2D eigenvalue weighted by molar-refractivity contribution is -0.140. The number of hydrogen-bond donors (Lipinski definition) is 2. The van der Waals surface area contributed by atoms with Gasteiger partial charge < -0.3 is 10.4 Å². The average molecular weight is 555 g/mol. The summed E-state index contributed by atoms with van der Waals surface area (Å²) in [6.45, 7) is -0.170. The number of anilines is 1. The number of amides is 1. The number of carboxylic acid groups (broad SMARTS) is 1. The molecular formula is C25H22ClF3N2O5S. The fraction of sp³-hybridized carbons (Fsp3) is 0.200. The maximum Gasteiger partial charge on any atom is 0.328 e. The molecule has 3 aromatic rings. The molecule has 37 heavy (non-hydrogen) atoms. The van der Waals surface area contributed by atoms with E-state index in [2.05, 4.69) is 5.32 Å². The highest BCUT2D eigenvalue weighted by atomic mass is 35.5. The maximum absolute atomic E-state index is 14.0. The second kappa shape index (κ2) is 11.2. The van der Waals surface area contributed by atoms with Gasteiger partial charge in [-0.2, -0.15) is 8.78 Å². The Hall–Kier alpha value is -3.57. The van der Waals surface area contributed by atoms with Gasteiger partial charge in [-0.25, -0.2) is 21.9 Å². The lowest BCUT2D eigenvalue weighted by atomic mass is 10.0. The number of alkyl halides is 2. The highest BCUT2D eigenvalue weighted by Crippen LogP contribution is 2.32. The van der Waals surface area contributed by atoms with Crippen molar-refractivity contribution in [3.63, 3.8) is 0 Å². The van der Waals surface area contributed by atoms with Crippen LogP contribution < -0.4 is 9.62 Å². The first kappa shape index (κ1) is 28.0. The van der Waals surface area contributed by atoms with Crippen LogP contribution in [0.15, 0.2) is 71.6 Å². The van der Waals surface area contributed by atoms with E-state index in [9.17, 15) is 36.3 Å². The molecule has 0 unspecified atom stereocenters. The molecule has 0 fully saturated rings. The molecule has 7 nitrogen and oxygen atoms in total. The molecule has 0 aromatic heterocycles. The van der Waals surface area contributed by atoms with Crippen LogP contribution in [0.3, 0.4) is 0 Å². The number of sulfonamides is 1. The van der Waals surface area contributed by atoms with Gasteiger partial charge in [0.25, 0.3) is 15.9 Å². The molecule has 3 aromatic carbocycles. The van der Waals surface area contributed by atoms with Gasteiger partial charge in [0.05, 0.1) is 15.6 Å². The smallest absolute Gasteiger partial charge is 0.328 e. The van der Waals surface area contributed by atoms with Gasteiger partial charge in [-0.15, -0.1) is 0 Å². The van der Waals surface area contributed by atoms with Crippen molar-refractivity contribution in [3.05, 3.63) is 83.1 Å². The Balaban J connectivity index is 1.92. The Morgan fingerprint density at radius 1 is 0.973 bits per heavy atom. The van der Waals surface area contributed by atoms with Crippen molar-refractivity contribution >= 4 is 39.2 Å². The van der Waals surface area contributed by atoms with Gasteiger partial charge in [-0.05, 0) is 59.5 Å². The van der Waals surface area contributed by atoms with Gasteiger partial charge in [0, 0.05) is 5.56 Å². The second-order valence-electron chi connectivity index (χ2n) is 8.32. The number of hydrogen-bond acceptors (Lipinski definition) is 4. The Bertz CT molecular complexity index is 1420. The van der Waals surface area contributed by atoms with E-state index in [-0.39, 0.29) is 26.5 Å². The first-order valence-corrected chi connectivity index (χ1v) is 12.7. The van der Waals surface area contributed by atoms with Crippen LogP contribution in [0.25, 0.3) is 11.1 Å². The number of benzene rings is 3. The summed E-state index contributed by atoms with van der Waals surface area (Å²) in [5.74, 6) is -3.19. The molecule has 2 N–H and O–H groups in total. The van der Waals surface area contributed by atoms with E-state index in [0.717, 1.165) is 12.1 Å². The molecule has 196 valence electrons. The summed E-state index contributed by atoms with van der Waals surface area (Å²) < 4.78 is 67.6. The van der Waals surface area contributed by atoms with Crippen molar-refractivity contribution in [1.29, 1.82) is 0 Å². The molecule has 0 heterocycles. The number of rotatable bonds is 9. The summed E-state index contributed by atoms with van der Waals surface area (Å²) in [4.78, 5) is 23.1. The number of carbonyl (C=O) groups is 2. The lowest BCUT2D eigenvalue weighted by Gasteiger charge is -2.24. The molecule has 12 heteroatoms. The summed E-state index contributed by atoms with van der Waals surface area (Å²) in [7, 11) is -4.85. The molecule has 0 radical (unpaired) electrons. The number of aliphatic carboxylic acids is 1. The molecule has 1 atom stereocenters. The summed E-state index contributed by atoms with van der Waals surface area (Å²) in [6.07, 6.45) is 0. The minimum Gasteiger partial charge on any atom is -0.480 e. The van der Waals surface area contributed by atoms with Crippen LogP contribution in [0.5, 0.6) is 0 Å². The Labute approximate surface area is 216 Å². The number of nitrogens with zero attached hydrogens (tertiary/aromatic N) is 1. The van der Waals surface area contributed by atoms with Crippen LogP contribution in [0.4, 0.5) is 18.9 Å². The molecular weight excluding hydrogens is 533 g/mol. The van der Waals surface area contributed by atoms with Crippen LogP contribution in [0.2, 0.25) is 5.02 Å². The normalized spacial score (nSPS) is 12.4. The van der Waals surface area contributed by atoms with Gasteiger partial charge in [0.1, 0.15) is 11.9 Å². The van der Waals surface area contributed by atoms with Crippen LogP contribution in [-0.2, 0) is 14.8 Å². The highest BCUT2D eigenvalue weighted by molar-refractivity contribution is 7.92. The topological polar surface area (TPSA) is 104 Å². The third kappa shape index (κ3) is 6.23. The fourth-order valence-corrected chi connectivity index (χ4v) is 4.92. The third-order valence-electron chi connectivity index (χ3n) is 5.43. The van der Waals surface area contributed by atoms with Gasteiger partial charge >= 0.3 is 12.5 Å². The third-order valence-corrected chi connectivity index (χ3v) is 7.47. The van der Waals surface area contributed by atoms with E-state index in [0.29, 0.717) is 17.2 Å². The molecule has 0 saturated heterocycles. The predicted octanol–water partition coefficient (Wildman–Crippen LogP) is 5.40. The molecule has 1 amide bonds. The predicted molar refractivity (Wildman–Crippen MR) is 133 cm³/mol. The first-order valence-electron chi connectivity index (χ1n) is 10.8. The van der Waals surface area contributed by atoms with Crippen LogP contribution in [0.1, 0.15) is 24.2 Å². The Kier molecular flexibility index (Phi) is 8.49. The van der Waals surface area contributed by atoms with Crippen LogP contribution in [0, 0.1) is 11.7 Å². The second-order valence-corrected chi connectivity index (χ2v) is 10.5. The standard InChI is InChI=1S/C25H22ClF3N2O5S/c1-14(2)22(24(33)34)30-23(32)16-8-6-15(7-9-16)17-4-3-5-18(12-17)31(25(28)29)37(35,36)19-10-11-20(26)21(27)13-19/h3-14,22,25H,1-2H3,(H,30,32)(H,33,34)/t22-/m0/s1. The van der Waals surface area contributed by atoms with Crippen molar-refractivity contribution in [3.8, 4) is 11.1 Å². The molecule has 0 aliphatic rings. The van der Waals surface area contributed by atoms with E-state index in [1.165, 1.54) is 42.5 Å². The van der Waals surface area contributed by atoms with Crippen molar-refractivity contribution in [2.24, 2.45) is 5.92 Å². The SMILES string of the molecule is CC(C)[C@H](NC(=O)c1ccc(-c2cccc(N(C(F)F)S(=O)(=O)c3ccc(Cl)c(F)c3)c2)cc1)C(=O)O. The number of carboxylic acids is 1. The molecule has 0 bridgehead atoms. The minimum absolute atomic E-state index is 0.126. The lowest BCUT2D eigenvalue weighted by Crippen LogP contribution is -2.44. The Morgan fingerprint density at radius 3 is 2.16 bits per heavy atom. The van der Waals surface area contributed by atoms with Crippen molar-refractivity contribution < 1.29 is 36.3 Å². The largest absolute Gasteiger partial charge is 0.480 e. The molecule has 3 rings (SSSR count). The van der Waals surface area contributed by atoms with Crippen molar-refractivity contribution in [2.45, 2.75) is 31.3 Å². The monoisotopic (exact) mass is 554 g/mol. The summed E-state index contributed by atoms with van der Waals surface area (Å²) >= 11 is 5.58. The summed E-state index contributed by atoms with van der Waals surface area (Å²) in [6, 6.07) is 12.5. The first-order chi connectivity index (χ1) is 17.3. The zero-order chi connectivity index (χ0) is 27.5. The van der Waals surface area contributed by atoms with Gasteiger partial charge in [-0.3, -0.25) is 4.79 Å². The van der Waals surface area contributed by atoms with Crippen molar-refractivity contribution in [1.82, 2.24) is 5.32 Å². The zero-order valence-corrected chi connectivity index (χ0v) is 21.1. The van der Waals surface area contributed by atoms with E-state index in [1.54, 1.807) is 19.9 Å². The summed E-state index contributed by atoms with van der Waals surface area (Å²) in [5.41, 5.74) is 0.638. The number of nitrogens with one attached hydrogen (secondary N) is 1. The Morgan fingerprint density at radius 2 is 1.62 bits per heavy atom. The van der Waals surface area contributed by atoms with E-state index in [1.807, 2.05) is 0 Å². The number of carbonyl (C=O) groups excluding carboxylic acids is 1. The molecule has 0 saturated carbocycles. The number of halogens is 4. The van der Waals surface area contributed by atoms with E-state index in [4.69, 9.17) is 11.6 Å². The summed E-state index contributed by atoms with van der Waals surface area (Å²) in [5, 5.41) is 11.3. The molecule has 0 aliphatic heterocycles. The van der Waals surface area contributed by atoms with Crippen molar-refractivity contribution in [2.75, 3.05) is 4.31 Å². The zero-order valence-electron chi connectivity index (χ0n) is 19.5. The van der Waals surface area contributed by atoms with Crippen LogP contribution >= 0.6 is 11.6 Å². The minimum atomic E-state index is -4.85. The van der Waals surface area contributed by atoms with E-state index < -0.39 is 45.2 Å². The fourth-order valence-electron chi connectivity index (χ4n) is 3.48. The van der Waals surface area contributed by atoms with Gasteiger partial charge in [-0.1, -0.05) is 49.7 Å². The van der Waals surface area contributed by atoms with Gasteiger partial charge in [0.2, 0.25) is 0 Å². The molecule has 0 spiro atoms.